The average molecular weight is 366 g/mol. The monoisotopic (exact) mass is 365 g/mol. The van der Waals surface area contributed by atoms with E-state index in [1.807, 2.05) is 0 Å². The summed E-state index contributed by atoms with van der Waals surface area (Å²) in [6, 6.07) is 1.54. The number of nitrogens with one attached hydrogen (secondary N) is 3. The third kappa shape index (κ3) is 5.04. The highest BCUT2D eigenvalue weighted by atomic mass is 79.9. The Morgan fingerprint density at radius 1 is 1.50 bits per heavy atom. The van der Waals surface area contributed by atoms with E-state index >= 15 is 0 Å². The molecule has 1 rings (SSSR count). The maximum absolute atomic E-state index is 11.9. The minimum Gasteiger partial charge on any atom is -0.351 e. The van der Waals surface area contributed by atoms with Crippen molar-refractivity contribution in [2.75, 3.05) is 24.3 Å². The zero-order valence-electron chi connectivity index (χ0n) is 10.8. The van der Waals surface area contributed by atoms with Gasteiger partial charge in [0.15, 0.2) is 5.82 Å². The van der Waals surface area contributed by atoms with Gasteiger partial charge in [0.2, 0.25) is 10.0 Å². The van der Waals surface area contributed by atoms with Crippen LogP contribution in [0.5, 0.6) is 0 Å². The van der Waals surface area contributed by atoms with Gasteiger partial charge in [-0.25, -0.2) is 24.0 Å². The van der Waals surface area contributed by atoms with Crippen LogP contribution in [0.2, 0.25) is 0 Å². The first kappa shape index (κ1) is 16.8. The molecular formula is C10H16BrN5O3S. The fourth-order valence-electron chi connectivity index (χ4n) is 1.41. The molecule has 1 heterocycles. The van der Waals surface area contributed by atoms with Crippen LogP contribution in [-0.4, -0.2) is 38.2 Å². The lowest BCUT2D eigenvalue weighted by Crippen LogP contribution is -2.34. The lowest BCUT2D eigenvalue weighted by Gasteiger charge is -2.09. The Labute approximate surface area is 125 Å². The number of nitrogens with two attached hydrogens (primary N) is 1. The molecular weight excluding hydrogens is 350 g/mol. The molecule has 1 aromatic heterocycles. The Kier molecular flexibility index (Phi) is 6.33. The zero-order valence-corrected chi connectivity index (χ0v) is 13.2. The van der Waals surface area contributed by atoms with Crippen molar-refractivity contribution in [2.24, 2.45) is 5.84 Å². The van der Waals surface area contributed by atoms with E-state index in [0.29, 0.717) is 11.0 Å². The Balaban J connectivity index is 2.66. The van der Waals surface area contributed by atoms with Crippen LogP contribution in [0.3, 0.4) is 0 Å². The number of halogens is 1. The number of pyridine rings is 1. The summed E-state index contributed by atoms with van der Waals surface area (Å²) in [5.74, 6) is 4.82. The van der Waals surface area contributed by atoms with Gasteiger partial charge in [-0.05, 0) is 22.0 Å². The van der Waals surface area contributed by atoms with Crippen LogP contribution in [0.4, 0.5) is 5.82 Å². The molecule has 0 bridgehead atoms. The van der Waals surface area contributed by atoms with Crippen molar-refractivity contribution in [3.8, 4) is 0 Å². The van der Waals surface area contributed by atoms with E-state index in [-0.39, 0.29) is 23.7 Å². The summed E-state index contributed by atoms with van der Waals surface area (Å²) in [5, 5.41) is 2.50. The van der Waals surface area contributed by atoms with Crippen LogP contribution in [0, 0.1) is 0 Å². The number of carbonyl (C=O) groups excluding carboxylic acids is 1. The number of carbonyl (C=O) groups is 1. The first-order valence-electron chi connectivity index (χ1n) is 5.77. The SMILES string of the molecule is CCNS(=O)(=O)CCNC(=O)c1cc(Br)cnc1NN. The number of anilines is 1. The molecule has 1 aromatic rings. The lowest BCUT2D eigenvalue weighted by molar-refractivity contribution is 0.0956. The van der Waals surface area contributed by atoms with Gasteiger partial charge in [-0.1, -0.05) is 6.92 Å². The fraction of sp³-hybridized carbons (Fsp3) is 0.400. The highest BCUT2D eigenvalue weighted by Gasteiger charge is 2.14. The maximum Gasteiger partial charge on any atom is 0.255 e. The summed E-state index contributed by atoms with van der Waals surface area (Å²) in [7, 11) is -3.36. The van der Waals surface area contributed by atoms with Crippen molar-refractivity contribution in [1.29, 1.82) is 0 Å². The van der Waals surface area contributed by atoms with Crippen LogP contribution in [0.1, 0.15) is 17.3 Å². The molecule has 0 aliphatic heterocycles. The first-order chi connectivity index (χ1) is 9.39. The summed E-state index contributed by atoms with van der Waals surface area (Å²) in [6.07, 6.45) is 1.49. The number of aromatic nitrogens is 1. The molecule has 5 N–H and O–H groups in total. The minimum atomic E-state index is -3.36. The molecule has 10 heteroatoms. The van der Waals surface area contributed by atoms with Gasteiger partial charge in [0.05, 0.1) is 11.3 Å². The largest absolute Gasteiger partial charge is 0.351 e. The minimum absolute atomic E-state index is 0.00923. The van der Waals surface area contributed by atoms with Gasteiger partial charge in [0, 0.05) is 23.8 Å². The third-order valence-corrected chi connectivity index (χ3v) is 4.16. The van der Waals surface area contributed by atoms with Gasteiger partial charge in [0.25, 0.3) is 5.91 Å². The highest BCUT2D eigenvalue weighted by molar-refractivity contribution is 9.10. The fourth-order valence-corrected chi connectivity index (χ4v) is 2.70. The van der Waals surface area contributed by atoms with Crippen molar-refractivity contribution >= 4 is 37.7 Å². The number of hydrogen-bond donors (Lipinski definition) is 4. The normalized spacial score (nSPS) is 11.2. The van der Waals surface area contributed by atoms with E-state index in [1.165, 1.54) is 12.3 Å². The molecule has 0 aliphatic carbocycles. The molecule has 20 heavy (non-hydrogen) atoms. The maximum atomic E-state index is 11.9. The van der Waals surface area contributed by atoms with Crippen LogP contribution < -0.4 is 21.3 Å². The van der Waals surface area contributed by atoms with Crippen molar-refractivity contribution in [2.45, 2.75) is 6.92 Å². The number of hydrogen-bond acceptors (Lipinski definition) is 6. The smallest absolute Gasteiger partial charge is 0.255 e. The Morgan fingerprint density at radius 2 is 2.20 bits per heavy atom. The second kappa shape index (κ2) is 7.53. The lowest BCUT2D eigenvalue weighted by atomic mass is 10.2. The predicted molar refractivity (Wildman–Crippen MR) is 79.5 cm³/mol. The molecule has 0 radical (unpaired) electrons. The van der Waals surface area contributed by atoms with Gasteiger partial charge in [-0.3, -0.25) is 4.79 Å². The van der Waals surface area contributed by atoms with Crippen LogP contribution in [0.15, 0.2) is 16.7 Å². The number of rotatable bonds is 7. The van der Waals surface area contributed by atoms with Gasteiger partial charge in [-0.15, -0.1) is 0 Å². The van der Waals surface area contributed by atoms with Gasteiger partial charge in [0.1, 0.15) is 0 Å². The molecule has 0 saturated carbocycles. The number of hydrazine groups is 1. The molecule has 8 nitrogen and oxygen atoms in total. The topological polar surface area (TPSA) is 126 Å². The molecule has 1 amide bonds. The van der Waals surface area contributed by atoms with Crippen molar-refractivity contribution < 1.29 is 13.2 Å². The van der Waals surface area contributed by atoms with Gasteiger partial charge in [-0.2, -0.15) is 0 Å². The molecule has 0 spiro atoms. The Hall–Kier alpha value is -1.23. The second-order valence-electron chi connectivity index (χ2n) is 3.77. The molecule has 0 atom stereocenters. The highest BCUT2D eigenvalue weighted by Crippen LogP contribution is 2.16. The van der Waals surface area contributed by atoms with E-state index in [4.69, 9.17) is 5.84 Å². The van der Waals surface area contributed by atoms with E-state index in [1.54, 1.807) is 6.92 Å². The molecule has 0 unspecified atom stereocenters. The van der Waals surface area contributed by atoms with Crippen molar-refractivity contribution in [3.05, 3.63) is 22.3 Å². The van der Waals surface area contributed by atoms with Crippen LogP contribution >= 0.6 is 15.9 Å². The summed E-state index contributed by atoms with van der Waals surface area (Å²) >= 11 is 3.20. The van der Waals surface area contributed by atoms with Crippen molar-refractivity contribution in [1.82, 2.24) is 15.0 Å². The quantitative estimate of drug-likeness (QED) is 0.391. The number of nitrogens with zero attached hydrogens (tertiary/aromatic N) is 1. The first-order valence-corrected chi connectivity index (χ1v) is 8.22. The summed E-state index contributed by atoms with van der Waals surface area (Å²) < 4.78 is 25.8. The van der Waals surface area contributed by atoms with Gasteiger partial charge >= 0.3 is 0 Å². The van der Waals surface area contributed by atoms with Gasteiger partial charge < -0.3 is 10.7 Å². The molecule has 0 aromatic carbocycles. The number of nitrogen functional groups attached to an aromatic ring is 1. The summed E-state index contributed by atoms with van der Waals surface area (Å²) in [5.41, 5.74) is 2.53. The van der Waals surface area contributed by atoms with Crippen molar-refractivity contribution in [3.63, 3.8) is 0 Å². The molecule has 0 aliphatic rings. The summed E-state index contributed by atoms with van der Waals surface area (Å²) in [4.78, 5) is 15.9. The zero-order chi connectivity index (χ0) is 15.2. The number of amides is 1. The van der Waals surface area contributed by atoms with E-state index in [2.05, 4.69) is 36.4 Å². The number of sulfonamides is 1. The summed E-state index contributed by atoms with van der Waals surface area (Å²) in [6.45, 7) is 1.99. The third-order valence-electron chi connectivity index (χ3n) is 2.26. The second-order valence-corrected chi connectivity index (χ2v) is 6.61. The molecule has 112 valence electrons. The van der Waals surface area contributed by atoms with E-state index < -0.39 is 15.9 Å². The average Bonchev–Trinajstić information content (AvgIpc) is 2.38. The standard InChI is InChI=1S/C10H16BrN5O3S/c1-2-15-20(18,19)4-3-13-10(17)8-5-7(11)6-14-9(8)16-12/h5-6,15H,2-4,12H2,1H3,(H,13,17)(H,14,16). The van der Waals surface area contributed by atoms with E-state index in [9.17, 15) is 13.2 Å². The predicted octanol–water partition coefficient (Wildman–Crippen LogP) is -0.201. The molecule has 0 saturated heterocycles. The van der Waals surface area contributed by atoms with Crippen LogP contribution in [0.25, 0.3) is 0 Å². The Bertz CT molecular complexity index is 578. The van der Waals surface area contributed by atoms with E-state index in [0.717, 1.165) is 0 Å². The van der Waals surface area contributed by atoms with Crippen LogP contribution in [-0.2, 0) is 10.0 Å². The molecule has 0 fully saturated rings. The Morgan fingerprint density at radius 3 is 2.80 bits per heavy atom.